The summed E-state index contributed by atoms with van der Waals surface area (Å²) in [6.45, 7) is 7.95. The van der Waals surface area contributed by atoms with Gasteiger partial charge in [-0.25, -0.2) is 4.98 Å². The van der Waals surface area contributed by atoms with Gasteiger partial charge in [0.1, 0.15) is 0 Å². The third kappa shape index (κ3) is 4.71. The molecular weight excluding hydrogens is 216 g/mol. The minimum absolute atomic E-state index is 0.627. The van der Waals surface area contributed by atoms with E-state index in [9.17, 15) is 5.11 Å². The maximum atomic E-state index is 9.84. The Morgan fingerprint density at radius 2 is 2.18 bits per heavy atom. The highest BCUT2D eigenvalue weighted by Gasteiger charge is 2.18. The van der Waals surface area contributed by atoms with Crippen LogP contribution in [-0.4, -0.2) is 40.8 Å². The molecule has 0 aliphatic heterocycles. The number of aliphatic hydroxyl groups is 1. The van der Waals surface area contributed by atoms with E-state index in [0.717, 1.165) is 18.7 Å². The molecule has 0 saturated heterocycles. The molecule has 0 fully saturated rings. The summed E-state index contributed by atoms with van der Waals surface area (Å²) in [6.07, 6.45) is 1.72. The molecule has 1 aromatic heterocycles. The second-order valence-corrected chi connectivity index (χ2v) is 4.79. The average molecular weight is 238 g/mol. The maximum Gasteiger partial charge on any atom is 0.217 e. The summed E-state index contributed by atoms with van der Waals surface area (Å²) < 4.78 is 5.22. The number of nitrogens with zero attached hydrogens (tertiary/aromatic N) is 2. The van der Waals surface area contributed by atoms with E-state index in [1.165, 1.54) is 0 Å². The molecule has 1 N–H and O–H groups in total. The van der Waals surface area contributed by atoms with E-state index in [1.807, 2.05) is 26.0 Å². The summed E-state index contributed by atoms with van der Waals surface area (Å²) in [6, 6.07) is 3.90. The zero-order valence-corrected chi connectivity index (χ0v) is 11.1. The van der Waals surface area contributed by atoms with E-state index in [2.05, 4.69) is 16.8 Å². The van der Waals surface area contributed by atoms with Gasteiger partial charge in [0, 0.05) is 24.8 Å². The summed E-state index contributed by atoms with van der Waals surface area (Å²) in [5.41, 5.74) is 0.354. The normalized spacial score (nSPS) is 11.9. The molecule has 1 rings (SSSR count). The summed E-state index contributed by atoms with van der Waals surface area (Å²) in [4.78, 5) is 6.34. The number of aromatic nitrogens is 1. The lowest BCUT2D eigenvalue weighted by Crippen LogP contribution is -2.38. The van der Waals surface area contributed by atoms with Gasteiger partial charge in [-0.3, -0.25) is 4.90 Å². The van der Waals surface area contributed by atoms with Crippen molar-refractivity contribution in [3.05, 3.63) is 23.9 Å². The first-order valence-corrected chi connectivity index (χ1v) is 5.89. The first-order chi connectivity index (χ1) is 7.96. The highest BCUT2D eigenvalue weighted by atomic mass is 16.5. The minimum atomic E-state index is -0.689. The Labute approximate surface area is 103 Å². The van der Waals surface area contributed by atoms with Crippen molar-refractivity contribution in [2.45, 2.75) is 32.9 Å². The summed E-state index contributed by atoms with van der Waals surface area (Å²) in [5, 5.41) is 9.84. The van der Waals surface area contributed by atoms with Crippen LogP contribution in [0.1, 0.15) is 26.3 Å². The van der Waals surface area contributed by atoms with Crippen molar-refractivity contribution in [2.75, 3.05) is 20.2 Å². The standard InChI is InChI=1S/C13H22N2O2/c1-5-15(10-13(2,3)16)9-11-7-6-8-14-12(11)17-4/h6-8,16H,5,9-10H2,1-4H3. The Hall–Kier alpha value is -1.13. The monoisotopic (exact) mass is 238 g/mol. The van der Waals surface area contributed by atoms with E-state index in [1.54, 1.807) is 13.3 Å². The Morgan fingerprint density at radius 1 is 1.47 bits per heavy atom. The quantitative estimate of drug-likeness (QED) is 0.819. The van der Waals surface area contributed by atoms with E-state index >= 15 is 0 Å². The molecule has 1 aromatic rings. The van der Waals surface area contributed by atoms with Gasteiger partial charge in [-0.1, -0.05) is 13.0 Å². The van der Waals surface area contributed by atoms with Gasteiger partial charge in [0.05, 0.1) is 12.7 Å². The van der Waals surface area contributed by atoms with Crippen LogP contribution in [0.2, 0.25) is 0 Å². The Kier molecular flexibility index (Phi) is 4.90. The number of pyridine rings is 1. The third-order valence-electron chi connectivity index (χ3n) is 2.50. The van der Waals surface area contributed by atoms with Crippen molar-refractivity contribution in [1.82, 2.24) is 9.88 Å². The van der Waals surface area contributed by atoms with Gasteiger partial charge in [-0.15, -0.1) is 0 Å². The molecule has 0 aromatic carbocycles. The number of hydrogen-bond acceptors (Lipinski definition) is 4. The number of hydrogen-bond donors (Lipinski definition) is 1. The topological polar surface area (TPSA) is 45.6 Å². The molecule has 4 heteroatoms. The molecule has 0 unspecified atom stereocenters. The zero-order chi connectivity index (χ0) is 12.9. The van der Waals surface area contributed by atoms with Crippen molar-refractivity contribution < 1.29 is 9.84 Å². The van der Waals surface area contributed by atoms with E-state index in [-0.39, 0.29) is 0 Å². The van der Waals surface area contributed by atoms with E-state index in [0.29, 0.717) is 12.4 Å². The SMILES string of the molecule is CCN(Cc1cccnc1OC)CC(C)(C)O. The van der Waals surface area contributed by atoms with Gasteiger partial charge < -0.3 is 9.84 Å². The lowest BCUT2D eigenvalue weighted by atomic mass is 10.1. The van der Waals surface area contributed by atoms with Gasteiger partial charge in [0.25, 0.3) is 0 Å². The predicted molar refractivity (Wildman–Crippen MR) is 68.0 cm³/mol. The molecule has 1 heterocycles. The van der Waals surface area contributed by atoms with Crippen LogP contribution in [0.25, 0.3) is 0 Å². The second-order valence-electron chi connectivity index (χ2n) is 4.79. The minimum Gasteiger partial charge on any atom is -0.481 e. The number of methoxy groups -OCH3 is 1. The van der Waals surface area contributed by atoms with Crippen LogP contribution in [-0.2, 0) is 6.54 Å². The molecule has 17 heavy (non-hydrogen) atoms. The lowest BCUT2D eigenvalue weighted by Gasteiger charge is -2.28. The van der Waals surface area contributed by atoms with Gasteiger partial charge >= 0.3 is 0 Å². The Bertz CT molecular complexity index is 348. The fourth-order valence-electron chi connectivity index (χ4n) is 1.80. The molecule has 0 radical (unpaired) electrons. The van der Waals surface area contributed by atoms with E-state index < -0.39 is 5.60 Å². The van der Waals surface area contributed by atoms with Crippen molar-refractivity contribution >= 4 is 0 Å². The Morgan fingerprint density at radius 3 is 2.71 bits per heavy atom. The van der Waals surface area contributed by atoms with Crippen LogP contribution in [0.5, 0.6) is 5.88 Å². The van der Waals surface area contributed by atoms with Gasteiger partial charge in [-0.05, 0) is 26.5 Å². The highest BCUT2D eigenvalue weighted by molar-refractivity contribution is 5.25. The molecule has 0 saturated carbocycles. The molecule has 0 bridgehead atoms. The zero-order valence-electron chi connectivity index (χ0n) is 11.1. The molecule has 0 atom stereocenters. The molecule has 0 spiro atoms. The fraction of sp³-hybridized carbons (Fsp3) is 0.615. The third-order valence-corrected chi connectivity index (χ3v) is 2.50. The molecule has 0 aliphatic rings. The summed E-state index contributed by atoms with van der Waals surface area (Å²) in [5.74, 6) is 0.654. The largest absolute Gasteiger partial charge is 0.481 e. The first-order valence-electron chi connectivity index (χ1n) is 5.89. The average Bonchev–Trinajstić information content (AvgIpc) is 2.27. The fourth-order valence-corrected chi connectivity index (χ4v) is 1.80. The lowest BCUT2D eigenvalue weighted by molar-refractivity contribution is 0.0350. The van der Waals surface area contributed by atoms with Crippen LogP contribution < -0.4 is 4.74 Å². The van der Waals surface area contributed by atoms with Crippen molar-refractivity contribution in [1.29, 1.82) is 0 Å². The molecule has 4 nitrogen and oxygen atoms in total. The van der Waals surface area contributed by atoms with Crippen molar-refractivity contribution in [3.8, 4) is 5.88 Å². The van der Waals surface area contributed by atoms with Crippen LogP contribution in [0.15, 0.2) is 18.3 Å². The van der Waals surface area contributed by atoms with Crippen molar-refractivity contribution in [2.24, 2.45) is 0 Å². The van der Waals surface area contributed by atoms with Crippen LogP contribution in [0.4, 0.5) is 0 Å². The number of likely N-dealkylation sites (N-methyl/N-ethyl adjacent to an activating group) is 1. The molecule has 0 aliphatic carbocycles. The van der Waals surface area contributed by atoms with Crippen LogP contribution >= 0.6 is 0 Å². The Balaban J connectivity index is 2.73. The number of ether oxygens (including phenoxy) is 1. The molecular formula is C13H22N2O2. The smallest absolute Gasteiger partial charge is 0.217 e. The summed E-state index contributed by atoms with van der Waals surface area (Å²) in [7, 11) is 1.62. The second kappa shape index (κ2) is 5.98. The van der Waals surface area contributed by atoms with Gasteiger partial charge in [-0.2, -0.15) is 0 Å². The van der Waals surface area contributed by atoms with Crippen molar-refractivity contribution in [3.63, 3.8) is 0 Å². The van der Waals surface area contributed by atoms with E-state index in [4.69, 9.17) is 4.74 Å². The molecule has 0 amide bonds. The molecule has 96 valence electrons. The van der Waals surface area contributed by atoms with Crippen LogP contribution in [0.3, 0.4) is 0 Å². The number of rotatable bonds is 6. The maximum absolute atomic E-state index is 9.84. The van der Waals surface area contributed by atoms with Gasteiger partial charge in [0.15, 0.2) is 0 Å². The first kappa shape index (κ1) is 13.9. The van der Waals surface area contributed by atoms with Crippen LogP contribution in [0, 0.1) is 0 Å². The van der Waals surface area contributed by atoms with Gasteiger partial charge in [0.2, 0.25) is 5.88 Å². The highest BCUT2D eigenvalue weighted by Crippen LogP contribution is 2.17. The predicted octanol–water partition coefficient (Wildman–Crippen LogP) is 1.68. The summed E-state index contributed by atoms with van der Waals surface area (Å²) >= 11 is 0.